The number of pyridine rings is 1. The van der Waals surface area contributed by atoms with Crippen LogP contribution in [0.2, 0.25) is 0 Å². The van der Waals surface area contributed by atoms with Gasteiger partial charge in [-0.05, 0) is 49.2 Å². The molecule has 0 aliphatic carbocycles. The number of carbonyl (C=O) groups excluding carboxylic acids is 1. The number of imidazole rings is 1. The average molecular weight is 496 g/mol. The number of hydrogen-bond donors (Lipinski definition) is 2. The molecule has 2 aliphatic heterocycles. The molecule has 1 amide bonds. The van der Waals surface area contributed by atoms with E-state index in [9.17, 15) is 4.79 Å². The topological polar surface area (TPSA) is 82.1 Å². The number of anilines is 4. The van der Waals surface area contributed by atoms with E-state index in [-0.39, 0.29) is 12.5 Å². The minimum Gasteiger partial charge on any atom is -0.397 e. The number of nitrogens with one attached hydrogen (secondary N) is 1. The molecule has 0 radical (unpaired) electrons. The van der Waals surface area contributed by atoms with Gasteiger partial charge in [0.05, 0.1) is 17.9 Å². The lowest BCUT2D eigenvalue weighted by molar-refractivity contribution is -0.129. The summed E-state index contributed by atoms with van der Waals surface area (Å²) in [6.45, 7) is 5.34. The van der Waals surface area contributed by atoms with Crippen LogP contribution in [0.5, 0.6) is 0 Å². The van der Waals surface area contributed by atoms with Crippen molar-refractivity contribution in [3.8, 4) is 11.3 Å². The highest BCUT2D eigenvalue weighted by molar-refractivity contribution is 5.84. The number of rotatable bonds is 6. The molecular formula is C29H33N7O. The molecule has 3 N–H and O–H groups in total. The lowest BCUT2D eigenvalue weighted by Gasteiger charge is -2.36. The zero-order valence-electron chi connectivity index (χ0n) is 21.0. The molecular weight excluding hydrogens is 462 g/mol. The fourth-order valence-corrected chi connectivity index (χ4v) is 5.41. The maximum Gasteiger partial charge on any atom is 0.242 e. The van der Waals surface area contributed by atoms with Crippen molar-refractivity contribution in [1.82, 2.24) is 14.3 Å². The molecule has 2 aliphatic rings. The number of hydrogen-bond acceptors (Lipinski definition) is 6. The van der Waals surface area contributed by atoms with Crippen LogP contribution in [-0.4, -0.2) is 66.0 Å². The highest BCUT2D eigenvalue weighted by Gasteiger charge is 2.23. The third-order valence-electron chi connectivity index (χ3n) is 7.46. The SMILES string of the molecule is Nc1ccccc1N1CCN(C(=O)CNc2c(-c3ccc(N4CCCC4)cc3)nc3ccccn23)CC1. The Morgan fingerprint density at radius 1 is 0.838 bits per heavy atom. The minimum atomic E-state index is 0.0851. The molecule has 2 fully saturated rings. The van der Waals surface area contributed by atoms with Crippen molar-refractivity contribution in [3.05, 3.63) is 72.9 Å². The van der Waals surface area contributed by atoms with E-state index < -0.39 is 0 Å². The van der Waals surface area contributed by atoms with Crippen molar-refractivity contribution in [2.45, 2.75) is 12.8 Å². The number of nitrogens with two attached hydrogens (primary N) is 1. The van der Waals surface area contributed by atoms with E-state index in [1.165, 1.54) is 18.5 Å². The van der Waals surface area contributed by atoms with Crippen molar-refractivity contribution >= 4 is 34.4 Å². The second-order valence-electron chi connectivity index (χ2n) is 9.76. The fraction of sp³-hybridized carbons (Fsp3) is 0.310. The standard InChI is InChI=1S/C29H33N7O/c30-24-7-1-2-8-25(24)34-17-19-35(20-18-34)27(37)21-31-29-28(32-26-9-3-4-16-36(26)29)22-10-12-23(13-11-22)33-14-5-6-15-33/h1-4,7-13,16,31H,5-6,14-15,17-21,30H2. The highest BCUT2D eigenvalue weighted by Crippen LogP contribution is 2.31. The van der Waals surface area contributed by atoms with Crippen LogP contribution < -0.4 is 20.9 Å². The normalized spacial score (nSPS) is 15.9. The number of para-hydroxylation sites is 2. The molecule has 2 aromatic carbocycles. The molecule has 2 aromatic heterocycles. The largest absolute Gasteiger partial charge is 0.397 e. The quantitative estimate of drug-likeness (QED) is 0.394. The van der Waals surface area contributed by atoms with Gasteiger partial charge in [-0.1, -0.05) is 30.3 Å². The summed E-state index contributed by atoms with van der Waals surface area (Å²) in [5.41, 5.74) is 12.0. The van der Waals surface area contributed by atoms with Gasteiger partial charge in [0.2, 0.25) is 5.91 Å². The summed E-state index contributed by atoms with van der Waals surface area (Å²) in [5.74, 6) is 0.926. The second kappa shape index (κ2) is 10.0. The highest BCUT2D eigenvalue weighted by atomic mass is 16.2. The Bertz CT molecular complexity index is 1380. The summed E-state index contributed by atoms with van der Waals surface area (Å²) >= 11 is 0. The number of benzene rings is 2. The molecule has 2 saturated heterocycles. The summed E-state index contributed by atoms with van der Waals surface area (Å²) in [6, 6.07) is 22.5. The molecule has 190 valence electrons. The van der Waals surface area contributed by atoms with Gasteiger partial charge >= 0.3 is 0 Å². The summed E-state index contributed by atoms with van der Waals surface area (Å²) in [4.78, 5) is 24.7. The maximum absolute atomic E-state index is 13.2. The monoisotopic (exact) mass is 495 g/mol. The van der Waals surface area contributed by atoms with Crippen molar-refractivity contribution in [2.75, 3.05) is 66.7 Å². The molecule has 6 rings (SSSR count). The third kappa shape index (κ3) is 4.67. The van der Waals surface area contributed by atoms with Gasteiger partial charge in [0.15, 0.2) is 0 Å². The van der Waals surface area contributed by atoms with Crippen LogP contribution in [0.1, 0.15) is 12.8 Å². The van der Waals surface area contributed by atoms with E-state index in [1.54, 1.807) is 0 Å². The van der Waals surface area contributed by atoms with Gasteiger partial charge in [0.25, 0.3) is 0 Å². The third-order valence-corrected chi connectivity index (χ3v) is 7.46. The summed E-state index contributed by atoms with van der Waals surface area (Å²) in [5, 5.41) is 3.42. The Morgan fingerprint density at radius 3 is 2.32 bits per heavy atom. The van der Waals surface area contributed by atoms with E-state index in [1.807, 2.05) is 58.0 Å². The van der Waals surface area contributed by atoms with Crippen LogP contribution in [0.3, 0.4) is 0 Å². The Balaban J connectivity index is 1.16. The van der Waals surface area contributed by atoms with Crippen LogP contribution in [-0.2, 0) is 4.79 Å². The molecule has 8 heteroatoms. The van der Waals surface area contributed by atoms with Crippen molar-refractivity contribution in [2.24, 2.45) is 0 Å². The Hall–Kier alpha value is -4.20. The van der Waals surface area contributed by atoms with Gasteiger partial charge in [0.1, 0.15) is 17.2 Å². The molecule has 4 heterocycles. The first-order chi connectivity index (χ1) is 18.2. The van der Waals surface area contributed by atoms with Gasteiger partial charge in [-0.15, -0.1) is 0 Å². The lowest BCUT2D eigenvalue weighted by atomic mass is 10.1. The number of nitrogens with zero attached hydrogens (tertiary/aromatic N) is 5. The van der Waals surface area contributed by atoms with Crippen LogP contribution >= 0.6 is 0 Å². The summed E-state index contributed by atoms with van der Waals surface area (Å²) in [6.07, 6.45) is 4.50. The van der Waals surface area contributed by atoms with Crippen LogP contribution in [0.4, 0.5) is 22.9 Å². The zero-order valence-corrected chi connectivity index (χ0v) is 21.0. The van der Waals surface area contributed by atoms with E-state index in [0.29, 0.717) is 13.1 Å². The Labute approximate surface area is 217 Å². The van der Waals surface area contributed by atoms with Gasteiger partial charge < -0.3 is 25.8 Å². The first-order valence-corrected chi connectivity index (χ1v) is 13.1. The predicted octanol–water partition coefficient (Wildman–Crippen LogP) is 3.94. The zero-order chi connectivity index (χ0) is 25.2. The first-order valence-electron chi connectivity index (χ1n) is 13.1. The van der Waals surface area contributed by atoms with Gasteiger partial charge in [-0.2, -0.15) is 0 Å². The maximum atomic E-state index is 13.2. The van der Waals surface area contributed by atoms with Crippen molar-refractivity contribution in [3.63, 3.8) is 0 Å². The van der Waals surface area contributed by atoms with Crippen LogP contribution in [0, 0.1) is 0 Å². The van der Waals surface area contributed by atoms with E-state index in [2.05, 4.69) is 39.4 Å². The number of amides is 1. The molecule has 37 heavy (non-hydrogen) atoms. The molecule has 0 bridgehead atoms. The summed E-state index contributed by atoms with van der Waals surface area (Å²) < 4.78 is 2.02. The van der Waals surface area contributed by atoms with Gasteiger partial charge in [-0.3, -0.25) is 9.20 Å². The molecule has 4 aromatic rings. The van der Waals surface area contributed by atoms with Gasteiger partial charge in [0, 0.05) is 56.7 Å². The van der Waals surface area contributed by atoms with Crippen LogP contribution in [0.25, 0.3) is 16.9 Å². The fourth-order valence-electron chi connectivity index (χ4n) is 5.41. The van der Waals surface area contributed by atoms with E-state index >= 15 is 0 Å². The Morgan fingerprint density at radius 2 is 1.57 bits per heavy atom. The van der Waals surface area contributed by atoms with Crippen molar-refractivity contribution in [1.29, 1.82) is 0 Å². The minimum absolute atomic E-state index is 0.0851. The smallest absolute Gasteiger partial charge is 0.242 e. The number of fused-ring (bicyclic) bond motifs is 1. The lowest BCUT2D eigenvalue weighted by Crippen LogP contribution is -2.50. The number of nitrogen functional groups attached to an aromatic ring is 1. The van der Waals surface area contributed by atoms with Gasteiger partial charge in [-0.25, -0.2) is 4.98 Å². The van der Waals surface area contributed by atoms with E-state index in [0.717, 1.165) is 60.3 Å². The summed E-state index contributed by atoms with van der Waals surface area (Å²) in [7, 11) is 0. The predicted molar refractivity (Wildman–Crippen MR) is 150 cm³/mol. The van der Waals surface area contributed by atoms with Crippen molar-refractivity contribution < 1.29 is 4.79 Å². The molecule has 0 spiro atoms. The first kappa shape index (κ1) is 23.2. The second-order valence-corrected chi connectivity index (χ2v) is 9.76. The number of carbonyl (C=O) groups is 1. The molecule has 0 unspecified atom stereocenters. The average Bonchev–Trinajstić information content (AvgIpc) is 3.61. The molecule has 0 saturated carbocycles. The van der Waals surface area contributed by atoms with E-state index in [4.69, 9.17) is 10.7 Å². The molecule has 0 atom stereocenters. The Kier molecular flexibility index (Phi) is 6.30. The van der Waals surface area contributed by atoms with Crippen LogP contribution in [0.15, 0.2) is 72.9 Å². The number of aromatic nitrogens is 2. The molecule has 8 nitrogen and oxygen atoms in total. The number of piperazine rings is 1.